The molecule has 2 heteroatoms. The summed E-state index contributed by atoms with van der Waals surface area (Å²) in [6.45, 7) is 0. The average Bonchev–Trinajstić information content (AvgIpc) is 1.90. The van der Waals surface area contributed by atoms with Crippen molar-refractivity contribution in [3.63, 3.8) is 0 Å². The van der Waals surface area contributed by atoms with Gasteiger partial charge in [0.15, 0.2) is 0 Å². The molecular formula is C7H8OPo. The van der Waals surface area contributed by atoms with Gasteiger partial charge >= 0.3 is 66.5 Å². The van der Waals surface area contributed by atoms with Crippen LogP contribution in [-0.2, 0) is 0 Å². The molecule has 1 nitrogen and oxygen atoms in total. The Labute approximate surface area is 66.5 Å². The summed E-state index contributed by atoms with van der Waals surface area (Å²) in [4.78, 5) is 0. The molecule has 0 unspecified atom stereocenters. The van der Waals surface area contributed by atoms with Crippen molar-refractivity contribution in [2.24, 2.45) is 0 Å². The number of phenolic OH excluding ortho intramolecular Hbond substituents is 1. The van der Waals surface area contributed by atoms with Crippen LogP contribution in [0.2, 0.25) is 4.58 Å². The first-order valence-electron chi connectivity index (χ1n) is 2.66. The molecule has 0 aromatic heterocycles. The fourth-order valence-corrected chi connectivity index (χ4v) is 2.17. The van der Waals surface area contributed by atoms with Crippen LogP contribution in [0, 0.1) is 0 Å². The van der Waals surface area contributed by atoms with Gasteiger partial charge < -0.3 is 0 Å². The maximum atomic E-state index is 8.87. The van der Waals surface area contributed by atoms with Crippen LogP contribution >= 0.6 is 0 Å². The maximum absolute atomic E-state index is 8.87. The van der Waals surface area contributed by atoms with E-state index in [4.69, 9.17) is 5.11 Å². The molecule has 48 valence electrons. The normalized spacial score (nSPS) is 9.44. The van der Waals surface area contributed by atoms with Crippen molar-refractivity contribution in [3.05, 3.63) is 24.3 Å². The number of benzene rings is 1. The number of hydrogen-bond donors (Lipinski definition) is 1. The van der Waals surface area contributed by atoms with Gasteiger partial charge in [0.2, 0.25) is 0 Å². The van der Waals surface area contributed by atoms with Crippen LogP contribution in [0.25, 0.3) is 0 Å². The van der Waals surface area contributed by atoms with Gasteiger partial charge in [0.25, 0.3) is 0 Å². The molecule has 0 heterocycles. The minimum atomic E-state index is -0.249. The summed E-state index contributed by atoms with van der Waals surface area (Å²) < 4.78 is 3.68. The van der Waals surface area contributed by atoms with Gasteiger partial charge in [-0.3, -0.25) is 0 Å². The van der Waals surface area contributed by atoms with Crippen molar-refractivity contribution in [2.45, 2.75) is 4.58 Å². The molecule has 1 aromatic carbocycles. The molecule has 0 aliphatic heterocycles. The fraction of sp³-hybridized carbons (Fsp3) is 0.143. The van der Waals surface area contributed by atoms with Gasteiger partial charge in [-0.1, -0.05) is 0 Å². The van der Waals surface area contributed by atoms with E-state index in [1.807, 2.05) is 12.1 Å². The summed E-state index contributed by atoms with van der Waals surface area (Å²) in [5.41, 5.74) is 0. The van der Waals surface area contributed by atoms with E-state index < -0.39 is 0 Å². The predicted octanol–water partition coefficient (Wildman–Crippen LogP) is 0.770. The second kappa shape index (κ2) is 3.18. The van der Waals surface area contributed by atoms with Crippen LogP contribution in [0.3, 0.4) is 0 Å². The number of rotatable bonds is 1. The Hall–Kier alpha value is -0.0839. The van der Waals surface area contributed by atoms with Crippen LogP contribution < -0.4 is 3.22 Å². The molecule has 0 aliphatic carbocycles. The van der Waals surface area contributed by atoms with Crippen LogP contribution in [0.15, 0.2) is 24.3 Å². The Kier molecular flexibility index (Phi) is 2.48. The standard InChI is InChI=1S/C6H5O.CH3.Po/c7-6-4-2-1-3-5-6;;/h2-5,7H;1H3;. The SMILES string of the molecule is [CH3][Po][c]1ccc(O)cc1. The molecule has 1 N–H and O–H groups in total. The van der Waals surface area contributed by atoms with E-state index in [9.17, 15) is 0 Å². The van der Waals surface area contributed by atoms with Gasteiger partial charge in [0.1, 0.15) is 0 Å². The average molecular weight is 317 g/mol. The van der Waals surface area contributed by atoms with Crippen LogP contribution in [0.4, 0.5) is 0 Å². The zero-order valence-electron chi connectivity index (χ0n) is 5.16. The van der Waals surface area contributed by atoms with Crippen molar-refractivity contribution in [3.8, 4) is 5.75 Å². The van der Waals surface area contributed by atoms with Gasteiger partial charge in [0.05, 0.1) is 0 Å². The quantitative estimate of drug-likeness (QED) is 0.811. The van der Waals surface area contributed by atoms with Crippen molar-refractivity contribution < 1.29 is 5.11 Å². The minimum absolute atomic E-state index is 0.249. The zero-order valence-corrected chi connectivity index (χ0v) is 8.34. The molecule has 9 heavy (non-hydrogen) atoms. The van der Waals surface area contributed by atoms with E-state index in [2.05, 4.69) is 4.58 Å². The molecule has 0 saturated carbocycles. The summed E-state index contributed by atoms with van der Waals surface area (Å²) in [5, 5.41) is 8.87. The first-order valence-corrected chi connectivity index (χ1v) is 7.42. The van der Waals surface area contributed by atoms with E-state index in [-0.39, 0.29) is 23.6 Å². The van der Waals surface area contributed by atoms with Gasteiger partial charge in [-0.05, 0) is 0 Å². The first kappa shape index (κ1) is 7.03. The summed E-state index contributed by atoms with van der Waals surface area (Å²) >= 11 is -0.249. The molecular weight excluding hydrogens is 309 g/mol. The molecule has 0 fully saturated rings. The third-order valence-electron chi connectivity index (χ3n) is 1.07. The van der Waals surface area contributed by atoms with Crippen molar-refractivity contribution in [1.82, 2.24) is 0 Å². The van der Waals surface area contributed by atoms with Crippen molar-refractivity contribution >= 4 is 26.8 Å². The summed E-state index contributed by atoms with van der Waals surface area (Å²) in [5.74, 6) is 0.367. The second-order valence-corrected chi connectivity index (χ2v) is 5.12. The van der Waals surface area contributed by atoms with E-state index in [0.29, 0.717) is 5.75 Å². The molecule has 0 spiro atoms. The third-order valence-corrected chi connectivity index (χ3v) is 3.96. The Morgan fingerprint density at radius 3 is 2.22 bits per heavy atom. The van der Waals surface area contributed by atoms with Gasteiger partial charge in [0, 0.05) is 0 Å². The Morgan fingerprint density at radius 2 is 1.78 bits per heavy atom. The predicted molar refractivity (Wildman–Crippen MR) is 39.4 cm³/mol. The van der Waals surface area contributed by atoms with Gasteiger partial charge in [-0.25, -0.2) is 0 Å². The Morgan fingerprint density at radius 1 is 1.22 bits per heavy atom. The van der Waals surface area contributed by atoms with Crippen LogP contribution in [-0.4, -0.2) is 28.7 Å². The third kappa shape index (κ3) is 1.95. The molecule has 0 radical (unpaired) electrons. The Balaban J connectivity index is 2.88. The van der Waals surface area contributed by atoms with Crippen molar-refractivity contribution in [1.29, 1.82) is 0 Å². The topological polar surface area (TPSA) is 20.2 Å². The summed E-state index contributed by atoms with van der Waals surface area (Å²) in [7, 11) is 0. The van der Waals surface area contributed by atoms with Gasteiger partial charge in [-0.2, -0.15) is 0 Å². The van der Waals surface area contributed by atoms with E-state index >= 15 is 0 Å². The van der Waals surface area contributed by atoms with Crippen LogP contribution in [0.5, 0.6) is 5.75 Å². The molecule has 1 rings (SSSR count). The summed E-state index contributed by atoms with van der Waals surface area (Å²) in [6, 6.07) is 7.50. The summed E-state index contributed by atoms with van der Waals surface area (Å²) in [6.07, 6.45) is 0. The zero-order chi connectivity index (χ0) is 6.69. The Bertz CT molecular complexity index is 181. The number of hydrogen-bond acceptors (Lipinski definition) is 1. The molecule has 0 saturated heterocycles. The molecule has 0 atom stereocenters. The monoisotopic (exact) mass is 317 g/mol. The van der Waals surface area contributed by atoms with Crippen molar-refractivity contribution in [2.75, 3.05) is 0 Å². The molecule has 0 aliphatic rings. The van der Waals surface area contributed by atoms with E-state index in [0.717, 1.165) is 0 Å². The number of aromatic hydroxyl groups is 1. The molecule has 0 amide bonds. The second-order valence-electron chi connectivity index (χ2n) is 1.70. The number of phenols is 1. The van der Waals surface area contributed by atoms with E-state index in [1.165, 1.54) is 3.22 Å². The van der Waals surface area contributed by atoms with Gasteiger partial charge in [-0.15, -0.1) is 0 Å². The molecule has 0 bridgehead atoms. The molecule has 1 aromatic rings. The van der Waals surface area contributed by atoms with E-state index in [1.54, 1.807) is 12.1 Å². The fourth-order valence-electron chi connectivity index (χ4n) is 0.582. The van der Waals surface area contributed by atoms with Crippen LogP contribution in [0.1, 0.15) is 0 Å². The first-order chi connectivity index (χ1) is 4.33.